The maximum atomic E-state index is 12.3. The number of hydrogen-bond donors (Lipinski definition) is 1. The van der Waals surface area contributed by atoms with Crippen molar-refractivity contribution in [2.45, 2.75) is 25.4 Å². The summed E-state index contributed by atoms with van der Waals surface area (Å²) in [6, 6.07) is 19.0. The molecule has 0 spiro atoms. The molecule has 0 aliphatic carbocycles. The van der Waals surface area contributed by atoms with Crippen LogP contribution in [-0.2, 0) is 37.0 Å². The number of aliphatic hydroxyl groups is 1. The molecule has 1 aliphatic heterocycles. The summed E-state index contributed by atoms with van der Waals surface area (Å²) in [5.74, 6) is -0.492. The number of cyclic esters (lactones) is 1. The first-order valence-electron chi connectivity index (χ1n) is 8.64. The SMILES string of the molecule is COCC(O)C1OC(=O)C(OCc2ccccc2)=C1OCc1ccccc1. The molecule has 142 valence electrons. The fourth-order valence-corrected chi connectivity index (χ4v) is 2.71. The van der Waals surface area contributed by atoms with Crippen LogP contribution in [-0.4, -0.2) is 37.0 Å². The first kappa shape index (κ1) is 18.9. The molecule has 2 aromatic rings. The lowest BCUT2D eigenvalue weighted by Crippen LogP contribution is -2.33. The summed E-state index contributed by atoms with van der Waals surface area (Å²) in [6.45, 7) is 0.417. The van der Waals surface area contributed by atoms with Gasteiger partial charge < -0.3 is 24.1 Å². The van der Waals surface area contributed by atoms with Crippen molar-refractivity contribution in [3.05, 3.63) is 83.3 Å². The quantitative estimate of drug-likeness (QED) is 0.684. The van der Waals surface area contributed by atoms with E-state index in [0.717, 1.165) is 11.1 Å². The van der Waals surface area contributed by atoms with E-state index in [4.69, 9.17) is 18.9 Å². The lowest BCUT2D eigenvalue weighted by Gasteiger charge is -2.19. The highest BCUT2D eigenvalue weighted by Gasteiger charge is 2.42. The lowest BCUT2D eigenvalue weighted by molar-refractivity contribution is -0.149. The zero-order chi connectivity index (χ0) is 19.1. The van der Waals surface area contributed by atoms with Crippen LogP contribution in [0.1, 0.15) is 11.1 Å². The molecule has 0 amide bonds. The van der Waals surface area contributed by atoms with Crippen LogP contribution in [0.5, 0.6) is 0 Å². The molecule has 0 saturated carbocycles. The summed E-state index contributed by atoms with van der Waals surface area (Å²) in [7, 11) is 1.46. The third-order valence-electron chi connectivity index (χ3n) is 4.05. The summed E-state index contributed by atoms with van der Waals surface area (Å²) < 4.78 is 21.8. The van der Waals surface area contributed by atoms with Gasteiger partial charge in [-0.2, -0.15) is 0 Å². The van der Waals surface area contributed by atoms with Gasteiger partial charge in [0, 0.05) is 7.11 Å². The topological polar surface area (TPSA) is 74.2 Å². The number of carbonyl (C=O) groups is 1. The number of carbonyl (C=O) groups excluding carboxylic acids is 1. The highest BCUT2D eigenvalue weighted by atomic mass is 16.6. The number of esters is 1. The number of methoxy groups -OCH3 is 1. The van der Waals surface area contributed by atoms with Gasteiger partial charge in [-0.25, -0.2) is 4.79 Å². The van der Waals surface area contributed by atoms with Crippen molar-refractivity contribution in [2.24, 2.45) is 0 Å². The third kappa shape index (κ3) is 4.87. The molecule has 1 aliphatic rings. The Kier molecular flexibility index (Phi) is 6.46. The number of ether oxygens (including phenoxy) is 4. The summed E-state index contributed by atoms with van der Waals surface area (Å²) in [5.41, 5.74) is 1.83. The van der Waals surface area contributed by atoms with Crippen molar-refractivity contribution in [2.75, 3.05) is 13.7 Å². The van der Waals surface area contributed by atoms with E-state index in [1.165, 1.54) is 7.11 Å². The first-order valence-corrected chi connectivity index (χ1v) is 8.64. The van der Waals surface area contributed by atoms with Crippen LogP contribution in [0.15, 0.2) is 72.2 Å². The van der Waals surface area contributed by atoms with E-state index in [2.05, 4.69) is 0 Å². The second-order valence-corrected chi connectivity index (χ2v) is 6.09. The van der Waals surface area contributed by atoms with Gasteiger partial charge in [0.15, 0.2) is 11.9 Å². The Morgan fingerprint density at radius 2 is 1.52 bits per heavy atom. The molecule has 1 heterocycles. The standard InChI is InChI=1S/C21H22O6/c1-24-14-17(22)18-19(25-12-15-8-4-2-5-9-15)20(21(23)27-18)26-13-16-10-6-3-7-11-16/h2-11,17-18,22H,12-14H2,1H3. The molecule has 6 nitrogen and oxygen atoms in total. The second kappa shape index (κ2) is 9.21. The van der Waals surface area contributed by atoms with Crippen LogP contribution in [0.4, 0.5) is 0 Å². The van der Waals surface area contributed by atoms with Crippen molar-refractivity contribution in [3.63, 3.8) is 0 Å². The van der Waals surface area contributed by atoms with Crippen molar-refractivity contribution in [3.8, 4) is 0 Å². The molecule has 2 atom stereocenters. The molecular formula is C21H22O6. The number of rotatable bonds is 9. The Bertz CT molecular complexity index is 772. The zero-order valence-corrected chi connectivity index (χ0v) is 15.0. The van der Waals surface area contributed by atoms with Gasteiger partial charge in [0.05, 0.1) is 6.61 Å². The van der Waals surface area contributed by atoms with E-state index in [0.29, 0.717) is 0 Å². The predicted molar refractivity (Wildman–Crippen MR) is 97.3 cm³/mol. The molecule has 0 saturated heterocycles. The Hall–Kier alpha value is -2.83. The minimum absolute atomic E-state index is 0.00209. The van der Waals surface area contributed by atoms with Gasteiger partial charge in [-0.3, -0.25) is 0 Å². The maximum Gasteiger partial charge on any atom is 0.378 e. The Labute approximate surface area is 157 Å². The molecular weight excluding hydrogens is 348 g/mol. The van der Waals surface area contributed by atoms with Gasteiger partial charge in [-0.05, 0) is 11.1 Å². The van der Waals surface area contributed by atoms with Crippen molar-refractivity contribution in [1.82, 2.24) is 0 Å². The van der Waals surface area contributed by atoms with Gasteiger partial charge in [0.2, 0.25) is 5.76 Å². The Morgan fingerprint density at radius 1 is 0.963 bits per heavy atom. The van der Waals surface area contributed by atoms with Gasteiger partial charge in [-0.1, -0.05) is 60.7 Å². The van der Waals surface area contributed by atoms with E-state index in [1.54, 1.807) is 0 Å². The largest absolute Gasteiger partial charge is 0.485 e. The fourth-order valence-electron chi connectivity index (χ4n) is 2.71. The average molecular weight is 370 g/mol. The molecule has 6 heteroatoms. The monoisotopic (exact) mass is 370 g/mol. The average Bonchev–Trinajstić information content (AvgIpc) is 3.02. The first-order chi connectivity index (χ1) is 13.2. The smallest absolute Gasteiger partial charge is 0.378 e. The highest BCUT2D eigenvalue weighted by molar-refractivity contribution is 5.89. The van der Waals surface area contributed by atoms with E-state index >= 15 is 0 Å². The van der Waals surface area contributed by atoms with E-state index in [9.17, 15) is 9.90 Å². The predicted octanol–water partition coefficient (Wildman–Crippen LogP) is 2.56. The normalized spacial score (nSPS) is 17.6. The minimum atomic E-state index is -1.05. The summed E-state index contributed by atoms with van der Waals surface area (Å²) in [5, 5.41) is 10.3. The maximum absolute atomic E-state index is 12.3. The van der Waals surface area contributed by atoms with E-state index in [1.807, 2.05) is 60.7 Å². The van der Waals surface area contributed by atoms with Crippen LogP contribution in [0, 0.1) is 0 Å². The van der Waals surface area contributed by atoms with Crippen molar-refractivity contribution < 1.29 is 28.8 Å². The number of aliphatic hydroxyl groups excluding tert-OH is 1. The molecule has 0 fully saturated rings. The second-order valence-electron chi connectivity index (χ2n) is 6.09. The Morgan fingerprint density at radius 3 is 2.07 bits per heavy atom. The molecule has 0 radical (unpaired) electrons. The number of benzene rings is 2. The van der Waals surface area contributed by atoms with Gasteiger partial charge >= 0.3 is 5.97 Å². The number of hydrogen-bond acceptors (Lipinski definition) is 6. The molecule has 3 rings (SSSR count). The molecule has 2 unspecified atom stereocenters. The highest BCUT2D eigenvalue weighted by Crippen LogP contribution is 2.29. The summed E-state index contributed by atoms with van der Waals surface area (Å²) >= 11 is 0. The van der Waals surface area contributed by atoms with Crippen LogP contribution in [0.3, 0.4) is 0 Å². The fraction of sp³-hybridized carbons (Fsp3) is 0.286. The molecule has 0 bridgehead atoms. The van der Waals surface area contributed by atoms with Gasteiger partial charge in [0.1, 0.15) is 19.3 Å². The van der Waals surface area contributed by atoms with Gasteiger partial charge in [-0.15, -0.1) is 0 Å². The van der Waals surface area contributed by atoms with Crippen LogP contribution < -0.4 is 0 Å². The summed E-state index contributed by atoms with van der Waals surface area (Å²) in [6.07, 6.45) is -2.02. The van der Waals surface area contributed by atoms with Crippen molar-refractivity contribution in [1.29, 1.82) is 0 Å². The minimum Gasteiger partial charge on any atom is -0.485 e. The van der Waals surface area contributed by atoms with Crippen LogP contribution >= 0.6 is 0 Å². The molecule has 1 N–H and O–H groups in total. The Balaban J connectivity index is 1.79. The van der Waals surface area contributed by atoms with Crippen LogP contribution in [0.25, 0.3) is 0 Å². The molecule has 0 aromatic heterocycles. The lowest BCUT2D eigenvalue weighted by atomic mass is 10.1. The third-order valence-corrected chi connectivity index (χ3v) is 4.05. The van der Waals surface area contributed by atoms with E-state index < -0.39 is 18.2 Å². The van der Waals surface area contributed by atoms with E-state index in [-0.39, 0.29) is 31.3 Å². The molecule has 2 aromatic carbocycles. The summed E-state index contributed by atoms with van der Waals surface area (Å²) in [4.78, 5) is 12.3. The molecule has 27 heavy (non-hydrogen) atoms. The van der Waals surface area contributed by atoms with Crippen LogP contribution in [0.2, 0.25) is 0 Å². The van der Waals surface area contributed by atoms with Crippen molar-refractivity contribution >= 4 is 5.97 Å². The van der Waals surface area contributed by atoms with Gasteiger partial charge in [0.25, 0.3) is 0 Å². The zero-order valence-electron chi connectivity index (χ0n) is 15.0.